The highest BCUT2D eigenvalue weighted by Crippen LogP contribution is 2.33. The van der Waals surface area contributed by atoms with E-state index in [1.807, 2.05) is 19.9 Å². The van der Waals surface area contributed by atoms with Crippen LogP contribution in [-0.4, -0.2) is 20.8 Å². The number of rotatable bonds is 8. The second kappa shape index (κ2) is 11.5. The fraction of sp³-hybridized carbons (Fsp3) is 0.192. The molecule has 0 saturated carbocycles. The van der Waals surface area contributed by atoms with Crippen molar-refractivity contribution in [1.29, 1.82) is 0 Å². The number of nitrogens with zero attached hydrogens (tertiary/aromatic N) is 4. The SMILES string of the molecule is CC[C@@H](C)c1nc2ccc(Br)cc2c(=O)n1N=Cc1cc(Cl)cc(Br)c1OCc1cccc([N+](=O)[O-])c1. The molecule has 1 aromatic heterocycles. The van der Waals surface area contributed by atoms with Crippen molar-refractivity contribution in [2.45, 2.75) is 32.8 Å². The molecule has 37 heavy (non-hydrogen) atoms. The van der Waals surface area contributed by atoms with Crippen LogP contribution in [0.2, 0.25) is 5.02 Å². The molecular formula is C26H21Br2ClN4O4. The zero-order chi connectivity index (χ0) is 26.7. The van der Waals surface area contributed by atoms with Gasteiger partial charge in [-0.15, -0.1) is 0 Å². The van der Waals surface area contributed by atoms with Crippen LogP contribution in [0.1, 0.15) is 43.1 Å². The molecule has 4 aromatic rings. The lowest BCUT2D eigenvalue weighted by molar-refractivity contribution is -0.384. The van der Waals surface area contributed by atoms with E-state index in [0.29, 0.717) is 43.1 Å². The van der Waals surface area contributed by atoms with Gasteiger partial charge in [0.05, 0.1) is 26.5 Å². The minimum atomic E-state index is -0.456. The van der Waals surface area contributed by atoms with E-state index in [0.717, 1.165) is 10.9 Å². The van der Waals surface area contributed by atoms with Gasteiger partial charge in [0, 0.05) is 33.1 Å². The molecule has 0 radical (unpaired) electrons. The van der Waals surface area contributed by atoms with Gasteiger partial charge in [-0.05, 0) is 58.2 Å². The first-order valence-electron chi connectivity index (χ1n) is 11.3. The Bertz CT molecular complexity index is 1590. The summed E-state index contributed by atoms with van der Waals surface area (Å²) >= 11 is 13.2. The number of nitro benzene ring substituents is 1. The van der Waals surface area contributed by atoms with E-state index in [9.17, 15) is 14.9 Å². The largest absolute Gasteiger partial charge is 0.487 e. The van der Waals surface area contributed by atoms with Gasteiger partial charge in [0.15, 0.2) is 0 Å². The third kappa shape index (κ3) is 6.08. The Morgan fingerprint density at radius 3 is 2.73 bits per heavy atom. The van der Waals surface area contributed by atoms with Crippen molar-refractivity contribution < 1.29 is 9.66 Å². The molecule has 0 saturated heterocycles. The van der Waals surface area contributed by atoms with Gasteiger partial charge in [0.25, 0.3) is 11.2 Å². The Labute approximate surface area is 234 Å². The average molecular weight is 649 g/mol. The van der Waals surface area contributed by atoms with Crippen LogP contribution in [0.25, 0.3) is 10.9 Å². The minimum absolute atomic E-state index is 0.0198. The molecule has 0 bridgehead atoms. The van der Waals surface area contributed by atoms with Crippen molar-refractivity contribution in [2.75, 3.05) is 0 Å². The summed E-state index contributed by atoms with van der Waals surface area (Å²) in [7, 11) is 0. The second-order valence-corrected chi connectivity index (χ2v) is 10.5. The van der Waals surface area contributed by atoms with E-state index in [1.54, 1.807) is 36.4 Å². The van der Waals surface area contributed by atoms with Crippen LogP contribution < -0.4 is 10.3 Å². The molecule has 0 aliphatic carbocycles. The number of halogens is 3. The quantitative estimate of drug-likeness (QED) is 0.112. The van der Waals surface area contributed by atoms with Gasteiger partial charge in [0.1, 0.15) is 18.2 Å². The van der Waals surface area contributed by atoms with Crippen LogP contribution in [0.4, 0.5) is 5.69 Å². The molecule has 0 aliphatic heterocycles. The van der Waals surface area contributed by atoms with E-state index in [4.69, 9.17) is 21.3 Å². The normalized spacial score (nSPS) is 12.2. The minimum Gasteiger partial charge on any atom is -0.487 e. The molecule has 0 aliphatic rings. The average Bonchev–Trinajstić information content (AvgIpc) is 2.87. The monoisotopic (exact) mass is 646 g/mol. The van der Waals surface area contributed by atoms with Crippen LogP contribution in [0.3, 0.4) is 0 Å². The van der Waals surface area contributed by atoms with Crippen LogP contribution in [0, 0.1) is 10.1 Å². The molecule has 8 nitrogen and oxygen atoms in total. The summed E-state index contributed by atoms with van der Waals surface area (Å²) in [4.78, 5) is 28.8. The summed E-state index contributed by atoms with van der Waals surface area (Å²) in [5.74, 6) is 0.946. The summed E-state index contributed by atoms with van der Waals surface area (Å²) < 4.78 is 8.66. The van der Waals surface area contributed by atoms with Gasteiger partial charge in [-0.3, -0.25) is 14.9 Å². The zero-order valence-electron chi connectivity index (χ0n) is 19.8. The molecule has 3 aromatic carbocycles. The molecule has 0 unspecified atom stereocenters. The topological polar surface area (TPSA) is 99.6 Å². The molecule has 0 spiro atoms. The first-order chi connectivity index (χ1) is 17.7. The highest BCUT2D eigenvalue weighted by Gasteiger charge is 2.17. The molecule has 0 N–H and O–H groups in total. The van der Waals surface area contributed by atoms with Gasteiger partial charge < -0.3 is 4.74 Å². The molecule has 4 rings (SSSR count). The van der Waals surface area contributed by atoms with Gasteiger partial charge in [0.2, 0.25) is 0 Å². The van der Waals surface area contributed by atoms with Gasteiger partial charge in [-0.25, -0.2) is 4.98 Å². The fourth-order valence-electron chi connectivity index (χ4n) is 3.64. The van der Waals surface area contributed by atoms with Crippen molar-refractivity contribution in [3.63, 3.8) is 0 Å². The van der Waals surface area contributed by atoms with Crippen LogP contribution in [0.5, 0.6) is 5.75 Å². The molecular weight excluding hydrogens is 628 g/mol. The number of non-ortho nitro benzene ring substituents is 1. The van der Waals surface area contributed by atoms with Crippen molar-refractivity contribution in [2.24, 2.45) is 5.10 Å². The molecule has 1 atom stereocenters. The Morgan fingerprint density at radius 2 is 2.00 bits per heavy atom. The Morgan fingerprint density at radius 1 is 1.22 bits per heavy atom. The van der Waals surface area contributed by atoms with Gasteiger partial charge in [-0.2, -0.15) is 9.78 Å². The Hall–Kier alpha value is -3.08. The fourth-order valence-corrected chi connectivity index (χ4v) is 4.95. The van der Waals surface area contributed by atoms with E-state index < -0.39 is 4.92 Å². The molecule has 0 fully saturated rings. The second-order valence-electron chi connectivity index (χ2n) is 8.32. The molecule has 190 valence electrons. The van der Waals surface area contributed by atoms with Crippen molar-refractivity contribution in [1.82, 2.24) is 9.66 Å². The smallest absolute Gasteiger partial charge is 0.282 e. The third-order valence-corrected chi connectivity index (χ3v) is 7.04. The number of aromatic nitrogens is 2. The van der Waals surface area contributed by atoms with Crippen LogP contribution in [0.15, 0.2) is 73.4 Å². The number of fused-ring (bicyclic) bond motifs is 1. The number of benzene rings is 3. The van der Waals surface area contributed by atoms with E-state index >= 15 is 0 Å². The number of hydrogen-bond acceptors (Lipinski definition) is 6. The first kappa shape index (κ1) is 27.0. The highest BCUT2D eigenvalue weighted by molar-refractivity contribution is 9.10. The van der Waals surface area contributed by atoms with Crippen LogP contribution >= 0.6 is 43.5 Å². The van der Waals surface area contributed by atoms with Crippen molar-refractivity contribution in [3.05, 3.63) is 106 Å². The molecule has 11 heteroatoms. The summed E-state index contributed by atoms with van der Waals surface area (Å²) in [6, 6.07) is 14.9. The standard InChI is InChI=1S/C26H21Br2ClN4O4/c1-3-15(2)25-31-23-8-7-18(27)11-21(23)26(34)32(25)30-13-17-10-19(29)12-22(28)24(17)37-14-16-5-4-6-20(9-16)33(35)36/h4-13,15H,3,14H2,1-2H3/t15-/m1/s1. The van der Waals surface area contributed by atoms with E-state index in [1.165, 1.54) is 23.0 Å². The zero-order valence-corrected chi connectivity index (χ0v) is 23.7. The van der Waals surface area contributed by atoms with Crippen molar-refractivity contribution in [3.8, 4) is 5.75 Å². The number of ether oxygens (including phenoxy) is 1. The molecule has 0 amide bonds. The highest BCUT2D eigenvalue weighted by atomic mass is 79.9. The van der Waals surface area contributed by atoms with Gasteiger partial charge >= 0.3 is 0 Å². The third-order valence-electron chi connectivity index (χ3n) is 5.74. The lowest BCUT2D eigenvalue weighted by atomic mass is 10.1. The maximum absolute atomic E-state index is 13.4. The van der Waals surface area contributed by atoms with E-state index in [-0.39, 0.29) is 23.8 Å². The maximum atomic E-state index is 13.4. The van der Waals surface area contributed by atoms with Gasteiger partial charge in [-0.1, -0.05) is 53.5 Å². The molecule has 1 heterocycles. The summed E-state index contributed by atoms with van der Waals surface area (Å²) in [5.41, 5.74) is 1.42. The lowest BCUT2D eigenvalue weighted by Crippen LogP contribution is -2.23. The summed E-state index contributed by atoms with van der Waals surface area (Å²) in [6.45, 7) is 4.08. The number of hydrogen-bond donors (Lipinski definition) is 0. The Balaban J connectivity index is 1.76. The maximum Gasteiger partial charge on any atom is 0.282 e. The first-order valence-corrected chi connectivity index (χ1v) is 13.3. The summed E-state index contributed by atoms with van der Waals surface area (Å²) in [5, 5.41) is 16.5. The predicted octanol–water partition coefficient (Wildman–Crippen LogP) is 7.46. The summed E-state index contributed by atoms with van der Waals surface area (Å²) in [6.07, 6.45) is 2.27. The predicted molar refractivity (Wildman–Crippen MR) is 152 cm³/mol. The lowest BCUT2D eigenvalue weighted by Gasteiger charge is -2.15. The van der Waals surface area contributed by atoms with Crippen molar-refractivity contribution >= 4 is 66.3 Å². The Kier molecular flexibility index (Phi) is 8.41. The number of nitro groups is 1. The van der Waals surface area contributed by atoms with E-state index in [2.05, 4.69) is 37.0 Å². The van der Waals surface area contributed by atoms with Crippen LogP contribution in [-0.2, 0) is 6.61 Å².